The third kappa shape index (κ3) is 6.25. The van der Waals surface area contributed by atoms with Gasteiger partial charge < -0.3 is 20.5 Å². The summed E-state index contributed by atoms with van der Waals surface area (Å²) in [6.45, 7) is 4.01. The lowest BCUT2D eigenvalue weighted by Gasteiger charge is -2.43. The van der Waals surface area contributed by atoms with E-state index in [1.165, 1.54) is 19.2 Å². The third-order valence-electron chi connectivity index (χ3n) is 8.20. The van der Waals surface area contributed by atoms with E-state index >= 15 is 0 Å². The number of ether oxygens (including phenoxy) is 1. The monoisotopic (exact) mass is 616 g/mol. The van der Waals surface area contributed by atoms with Gasteiger partial charge in [-0.15, -0.1) is 0 Å². The number of sulfone groups is 1. The molecule has 2 aliphatic carbocycles. The van der Waals surface area contributed by atoms with Gasteiger partial charge in [-0.25, -0.2) is 21.6 Å². The molecule has 2 fully saturated rings. The van der Waals surface area contributed by atoms with E-state index in [0.717, 1.165) is 6.07 Å². The van der Waals surface area contributed by atoms with Crippen molar-refractivity contribution in [1.29, 1.82) is 0 Å². The smallest absolute Gasteiger partial charge is 0.255 e. The number of benzene rings is 2. The van der Waals surface area contributed by atoms with E-state index in [-0.39, 0.29) is 58.3 Å². The van der Waals surface area contributed by atoms with Gasteiger partial charge in [-0.3, -0.25) is 9.59 Å². The molecule has 0 spiro atoms. The zero-order valence-corrected chi connectivity index (χ0v) is 24.3. The van der Waals surface area contributed by atoms with Crippen molar-refractivity contribution in [3.8, 4) is 0 Å². The predicted octanol–water partition coefficient (Wildman–Crippen LogP) is 4.49. The van der Waals surface area contributed by atoms with E-state index in [0.29, 0.717) is 25.2 Å². The van der Waals surface area contributed by atoms with Crippen LogP contribution in [0, 0.1) is 35.2 Å². The average molecular weight is 617 g/mol. The summed E-state index contributed by atoms with van der Waals surface area (Å²) in [4.78, 5) is 25.2. The van der Waals surface area contributed by atoms with Gasteiger partial charge in [0.2, 0.25) is 5.91 Å². The molecule has 0 radical (unpaired) electrons. The van der Waals surface area contributed by atoms with Gasteiger partial charge in [0.25, 0.3) is 5.91 Å². The van der Waals surface area contributed by atoms with Gasteiger partial charge >= 0.3 is 0 Å². The first-order valence-corrected chi connectivity index (χ1v) is 15.1. The summed E-state index contributed by atoms with van der Waals surface area (Å²) in [6, 6.07) is 4.51. The minimum absolute atomic E-state index is 0.0292. The lowest BCUT2D eigenvalue weighted by Crippen LogP contribution is -2.52. The molecule has 0 aliphatic heterocycles. The van der Waals surface area contributed by atoms with E-state index in [4.69, 9.17) is 16.3 Å². The number of nitrogens with one attached hydrogen (secondary N) is 2. The van der Waals surface area contributed by atoms with Gasteiger partial charge in [0, 0.05) is 36.5 Å². The van der Waals surface area contributed by atoms with Crippen LogP contribution in [-0.2, 0) is 19.4 Å². The van der Waals surface area contributed by atoms with E-state index < -0.39 is 55.9 Å². The van der Waals surface area contributed by atoms with Crippen molar-refractivity contribution < 1.29 is 41.0 Å². The van der Waals surface area contributed by atoms with E-state index in [9.17, 15) is 36.3 Å². The molecule has 2 unspecified atom stereocenters. The predicted molar refractivity (Wildman–Crippen MR) is 146 cm³/mol. The standard InChI is InChI=1S/C28H32ClF3N2O6S/c1-14-6-17-8-19(11-20(14)28(17,37)12-25(35)33-15(2)13-40-3)41(38,39)24-7-16(4-5-21(24)29)27(36)34-18-9-22(30)26(32)23(31)10-18/h4-5,7,9-10,14-15,17,19-20,37H,6,8,11-13H2,1-3H3,(H,33,35)(H,34,36)/t14-,15-,17?,19+,20?,28+/m0/s1. The van der Waals surface area contributed by atoms with Gasteiger partial charge in [0.15, 0.2) is 27.3 Å². The Kier molecular flexibility index (Phi) is 9.08. The molecule has 3 N–H and O–H groups in total. The summed E-state index contributed by atoms with van der Waals surface area (Å²) >= 11 is 6.28. The number of anilines is 1. The van der Waals surface area contributed by atoms with Crippen LogP contribution in [0.3, 0.4) is 0 Å². The number of methoxy groups -OCH3 is 1. The molecular formula is C28H32ClF3N2O6S. The zero-order chi connectivity index (χ0) is 30.3. The molecule has 6 atom stereocenters. The van der Waals surface area contributed by atoms with Gasteiger partial charge in [-0.05, 0) is 62.1 Å². The number of hydrogen-bond donors (Lipinski definition) is 3. The highest BCUT2D eigenvalue weighted by Gasteiger charge is 2.59. The third-order valence-corrected chi connectivity index (χ3v) is 10.9. The molecule has 2 aliphatic rings. The van der Waals surface area contributed by atoms with Crippen LogP contribution in [0.25, 0.3) is 0 Å². The molecule has 2 aromatic carbocycles. The highest BCUT2D eigenvalue weighted by molar-refractivity contribution is 7.92. The van der Waals surface area contributed by atoms with E-state index in [1.807, 2.05) is 6.92 Å². The summed E-state index contributed by atoms with van der Waals surface area (Å²) < 4.78 is 73.1. The Morgan fingerprint density at radius 1 is 1.15 bits per heavy atom. The normalized spacial score (nSPS) is 26.4. The Morgan fingerprint density at radius 3 is 2.41 bits per heavy atom. The minimum atomic E-state index is -4.10. The summed E-state index contributed by atoms with van der Waals surface area (Å²) in [5, 5.41) is 15.6. The fourth-order valence-corrected chi connectivity index (χ4v) is 8.70. The average Bonchev–Trinajstić information content (AvgIpc) is 3.00. The molecule has 2 bridgehead atoms. The molecule has 2 aromatic rings. The number of carbonyl (C=O) groups excluding carboxylic acids is 2. The Morgan fingerprint density at radius 2 is 1.80 bits per heavy atom. The largest absolute Gasteiger partial charge is 0.389 e. The van der Waals surface area contributed by atoms with Crippen LogP contribution in [-0.4, -0.2) is 55.9 Å². The second-order valence-electron chi connectivity index (χ2n) is 11.1. The number of amides is 2. The van der Waals surface area contributed by atoms with Crippen LogP contribution in [0.5, 0.6) is 0 Å². The van der Waals surface area contributed by atoms with Crippen molar-refractivity contribution in [2.24, 2.45) is 17.8 Å². The zero-order valence-electron chi connectivity index (χ0n) is 22.7. The molecular weight excluding hydrogens is 585 g/mol. The maximum atomic E-state index is 13.8. The number of halogens is 4. The first-order chi connectivity index (χ1) is 19.2. The van der Waals surface area contributed by atoms with Crippen molar-refractivity contribution in [3.63, 3.8) is 0 Å². The fraction of sp³-hybridized carbons (Fsp3) is 0.500. The topological polar surface area (TPSA) is 122 Å². The van der Waals surface area contributed by atoms with Gasteiger partial charge in [0.05, 0.1) is 33.8 Å². The van der Waals surface area contributed by atoms with Crippen molar-refractivity contribution in [3.05, 3.63) is 58.4 Å². The van der Waals surface area contributed by atoms with Crippen molar-refractivity contribution in [2.45, 2.75) is 61.3 Å². The maximum Gasteiger partial charge on any atom is 0.255 e. The van der Waals surface area contributed by atoms with Crippen LogP contribution >= 0.6 is 11.6 Å². The Labute approximate surface area is 241 Å². The van der Waals surface area contributed by atoms with E-state index in [1.54, 1.807) is 6.92 Å². The molecule has 0 aromatic heterocycles. The molecule has 0 heterocycles. The maximum absolute atomic E-state index is 13.8. The van der Waals surface area contributed by atoms with Crippen LogP contribution in [0.2, 0.25) is 5.02 Å². The highest BCUT2D eigenvalue weighted by atomic mass is 35.5. The Hall–Kier alpha value is -2.67. The number of hydrogen-bond acceptors (Lipinski definition) is 6. The van der Waals surface area contributed by atoms with Crippen LogP contribution in [0.15, 0.2) is 35.2 Å². The molecule has 224 valence electrons. The number of rotatable bonds is 9. The quantitative estimate of drug-likeness (QED) is 0.357. The van der Waals surface area contributed by atoms with Crippen molar-refractivity contribution >= 4 is 38.9 Å². The second-order valence-corrected chi connectivity index (χ2v) is 13.7. The second kappa shape index (κ2) is 11.9. The summed E-state index contributed by atoms with van der Waals surface area (Å²) in [6.07, 6.45) is 0.587. The number of carbonyl (C=O) groups is 2. The molecule has 4 rings (SSSR count). The lowest BCUT2D eigenvalue weighted by molar-refractivity contribution is -0.134. The SMILES string of the molecule is COC[C@H](C)NC(=O)C[C@@]1(O)C2C[C@@H](S(=O)(=O)c3cc(C(=O)Nc4cc(F)c(F)c(F)c4)ccc3Cl)CC1[C@@H](C)C2. The summed E-state index contributed by atoms with van der Waals surface area (Å²) in [5.74, 6) is -6.85. The Bertz CT molecular complexity index is 1440. The van der Waals surface area contributed by atoms with Crippen LogP contribution in [0.4, 0.5) is 18.9 Å². The van der Waals surface area contributed by atoms with Gasteiger partial charge in [-0.1, -0.05) is 18.5 Å². The van der Waals surface area contributed by atoms with Gasteiger partial charge in [-0.2, -0.15) is 0 Å². The molecule has 2 amide bonds. The minimum Gasteiger partial charge on any atom is -0.389 e. The van der Waals surface area contributed by atoms with Crippen molar-refractivity contribution in [1.82, 2.24) is 5.32 Å². The molecule has 13 heteroatoms. The summed E-state index contributed by atoms with van der Waals surface area (Å²) in [5.41, 5.74) is -1.87. The van der Waals surface area contributed by atoms with Crippen LogP contribution in [0.1, 0.15) is 49.9 Å². The molecule has 41 heavy (non-hydrogen) atoms. The first kappa shape index (κ1) is 31.3. The molecule has 8 nitrogen and oxygen atoms in total. The molecule has 2 saturated carbocycles. The van der Waals surface area contributed by atoms with E-state index in [2.05, 4.69) is 10.6 Å². The number of aliphatic hydroxyl groups is 1. The number of fused-ring (bicyclic) bond motifs is 2. The first-order valence-electron chi connectivity index (χ1n) is 13.2. The molecule has 0 saturated heterocycles. The lowest BCUT2D eigenvalue weighted by atomic mass is 9.71. The Balaban J connectivity index is 1.54. The summed E-state index contributed by atoms with van der Waals surface area (Å²) in [7, 11) is -2.59. The van der Waals surface area contributed by atoms with Gasteiger partial charge in [0.1, 0.15) is 0 Å². The highest BCUT2D eigenvalue weighted by Crippen LogP contribution is 2.56. The fourth-order valence-electron chi connectivity index (χ4n) is 6.32. The van der Waals surface area contributed by atoms with Crippen molar-refractivity contribution in [2.75, 3.05) is 19.0 Å². The van der Waals surface area contributed by atoms with Crippen LogP contribution < -0.4 is 10.6 Å².